The minimum Gasteiger partial charge on any atom is -0.508 e. The van der Waals surface area contributed by atoms with Gasteiger partial charge in [-0.1, -0.05) is 11.3 Å². The number of nitrogens with one attached hydrogen (secondary N) is 1. The number of hydrogen-bond donors (Lipinski definition) is 3. The molecule has 2 amide bonds. The molecule has 2 rings (SSSR count). The van der Waals surface area contributed by atoms with Crippen molar-refractivity contribution in [2.24, 2.45) is 0 Å². The molecule has 1 aromatic carbocycles. The van der Waals surface area contributed by atoms with Crippen molar-refractivity contribution in [2.75, 3.05) is 16.8 Å². The molecule has 0 aliphatic carbocycles. The van der Waals surface area contributed by atoms with Gasteiger partial charge in [0.15, 0.2) is 0 Å². The number of nitrogens with zero attached hydrogens (tertiary/aromatic N) is 3. The number of carboxylic acid groups (broad SMARTS) is 1. The van der Waals surface area contributed by atoms with Crippen LogP contribution in [0.2, 0.25) is 0 Å². The topological polar surface area (TPSA) is 116 Å². The number of aromatic nitrogens is 2. The maximum Gasteiger partial charge on any atom is 0.328 e. The number of phenols is 1. The van der Waals surface area contributed by atoms with Crippen LogP contribution in [0.15, 0.2) is 24.3 Å². The van der Waals surface area contributed by atoms with Crippen LogP contribution in [0.4, 0.5) is 15.6 Å². The van der Waals surface area contributed by atoms with Gasteiger partial charge >= 0.3 is 12.0 Å². The van der Waals surface area contributed by atoms with Crippen molar-refractivity contribution >= 4 is 34.2 Å². The largest absolute Gasteiger partial charge is 0.508 e. The van der Waals surface area contributed by atoms with Crippen LogP contribution in [0.3, 0.4) is 0 Å². The van der Waals surface area contributed by atoms with Crippen LogP contribution in [-0.2, 0) is 4.79 Å². The summed E-state index contributed by atoms with van der Waals surface area (Å²) in [7, 11) is 0. The molecule has 0 radical (unpaired) electrons. The van der Waals surface area contributed by atoms with Gasteiger partial charge in [0.05, 0.1) is 0 Å². The van der Waals surface area contributed by atoms with Crippen molar-refractivity contribution < 1.29 is 19.8 Å². The summed E-state index contributed by atoms with van der Waals surface area (Å²) in [4.78, 5) is 24.1. The van der Waals surface area contributed by atoms with Gasteiger partial charge in [-0.05, 0) is 31.2 Å². The third kappa shape index (κ3) is 3.89. The highest BCUT2D eigenvalue weighted by atomic mass is 32.1. The summed E-state index contributed by atoms with van der Waals surface area (Å²) in [6.07, 6.45) is 0. The minimum atomic E-state index is -1.16. The quantitative estimate of drug-likeness (QED) is 0.791. The summed E-state index contributed by atoms with van der Waals surface area (Å²) in [5.41, 5.74) is 0.342. The van der Waals surface area contributed by atoms with Crippen LogP contribution in [0.5, 0.6) is 5.75 Å². The number of phenolic OH excluding ortho intramolecular Hbond substituents is 1. The molecule has 0 unspecified atom stereocenters. The third-order valence-electron chi connectivity index (χ3n) is 2.44. The summed E-state index contributed by atoms with van der Waals surface area (Å²) in [5, 5.41) is 29.1. The number of urea groups is 1. The lowest BCUT2D eigenvalue weighted by Gasteiger charge is -2.20. The number of aromatic hydroxyl groups is 1. The minimum absolute atomic E-state index is 0.0224. The highest BCUT2D eigenvalue weighted by molar-refractivity contribution is 7.15. The molecule has 0 aliphatic heterocycles. The second-order valence-corrected chi connectivity index (χ2v) is 5.23. The molecule has 8 nitrogen and oxygen atoms in total. The molecular formula is C12H12N4O4S. The number of anilines is 2. The van der Waals surface area contributed by atoms with Gasteiger partial charge in [0.2, 0.25) is 5.13 Å². The number of rotatable bonds is 4. The molecular weight excluding hydrogens is 296 g/mol. The monoisotopic (exact) mass is 308 g/mol. The van der Waals surface area contributed by atoms with Gasteiger partial charge in [-0.25, -0.2) is 4.79 Å². The fourth-order valence-electron chi connectivity index (χ4n) is 1.55. The molecule has 0 spiro atoms. The number of carboxylic acids is 1. The Morgan fingerprint density at radius 3 is 2.48 bits per heavy atom. The van der Waals surface area contributed by atoms with Crippen LogP contribution in [0.1, 0.15) is 5.01 Å². The number of benzene rings is 1. The van der Waals surface area contributed by atoms with E-state index in [0.717, 1.165) is 4.90 Å². The Bertz CT molecular complexity index is 656. The van der Waals surface area contributed by atoms with Crippen molar-refractivity contribution in [1.82, 2.24) is 10.2 Å². The summed E-state index contributed by atoms with van der Waals surface area (Å²) in [6.45, 7) is 1.22. The van der Waals surface area contributed by atoms with E-state index < -0.39 is 18.5 Å². The number of aryl methyl sites for hydroxylation is 1. The molecule has 1 aromatic heterocycles. The molecule has 110 valence electrons. The zero-order chi connectivity index (χ0) is 15.4. The molecule has 0 bridgehead atoms. The highest BCUT2D eigenvalue weighted by Crippen LogP contribution is 2.20. The SMILES string of the molecule is Cc1nnc(NC(=O)N(CC(=O)O)c2ccc(O)cc2)s1. The highest BCUT2D eigenvalue weighted by Gasteiger charge is 2.20. The second-order valence-electron chi connectivity index (χ2n) is 4.05. The lowest BCUT2D eigenvalue weighted by atomic mass is 10.3. The predicted molar refractivity (Wildman–Crippen MR) is 76.8 cm³/mol. The van der Waals surface area contributed by atoms with Crippen molar-refractivity contribution in [1.29, 1.82) is 0 Å². The second kappa shape index (κ2) is 6.18. The van der Waals surface area contributed by atoms with Gasteiger partial charge in [0, 0.05) is 5.69 Å². The van der Waals surface area contributed by atoms with E-state index in [1.807, 2.05) is 0 Å². The van der Waals surface area contributed by atoms with E-state index in [1.54, 1.807) is 6.92 Å². The van der Waals surface area contributed by atoms with E-state index in [1.165, 1.54) is 35.6 Å². The normalized spacial score (nSPS) is 10.1. The summed E-state index contributed by atoms with van der Waals surface area (Å²) >= 11 is 1.18. The van der Waals surface area contributed by atoms with E-state index in [-0.39, 0.29) is 10.9 Å². The van der Waals surface area contributed by atoms with Gasteiger partial charge < -0.3 is 10.2 Å². The number of carbonyl (C=O) groups is 2. The molecule has 2 aromatic rings. The van der Waals surface area contributed by atoms with Gasteiger partial charge in [0.25, 0.3) is 0 Å². The Morgan fingerprint density at radius 1 is 1.29 bits per heavy atom. The average Bonchev–Trinajstić information content (AvgIpc) is 2.82. The summed E-state index contributed by atoms with van der Waals surface area (Å²) < 4.78 is 0. The van der Waals surface area contributed by atoms with Crippen molar-refractivity contribution in [3.8, 4) is 5.75 Å². The molecule has 21 heavy (non-hydrogen) atoms. The standard InChI is InChI=1S/C12H12N4O4S/c1-7-14-15-11(21-7)13-12(20)16(6-10(18)19)8-2-4-9(17)5-3-8/h2-5,17H,6H2,1H3,(H,18,19)(H,13,15,20). The lowest BCUT2D eigenvalue weighted by molar-refractivity contribution is -0.135. The van der Waals surface area contributed by atoms with E-state index in [0.29, 0.717) is 10.7 Å². The first-order chi connectivity index (χ1) is 9.95. The molecule has 3 N–H and O–H groups in total. The van der Waals surface area contributed by atoms with Gasteiger partial charge in [-0.2, -0.15) is 0 Å². The van der Waals surface area contributed by atoms with Crippen LogP contribution in [0, 0.1) is 6.92 Å². The molecule has 0 atom stereocenters. The van der Waals surface area contributed by atoms with Crippen LogP contribution >= 0.6 is 11.3 Å². The van der Waals surface area contributed by atoms with E-state index >= 15 is 0 Å². The lowest BCUT2D eigenvalue weighted by Crippen LogP contribution is -2.38. The number of carbonyl (C=O) groups excluding carboxylic acids is 1. The zero-order valence-corrected chi connectivity index (χ0v) is 11.8. The number of aliphatic carboxylic acids is 1. The Morgan fingerprint density at radius 2 is 1.95 bits per heavy atom. The molecule has 0 fully saturated rings. The molecule has 1 heterocycles. The van der Waals surface area contributed by atoms with Crippen LogP contribution in [0.25, 0.3) is 0 Å². The van der Waals surface area contributed by atoms with Gasteiger partial charge in [-0.15, -0.1) is 10.2 Å². The number of hydrogen-bond acceptors (Lipinski definition) is 6. The van der Waals surface area contributed by atoms with Gasteiger partial charge in [0.1, 0.15) is 17.3 Å². The van der Waals surface area contributed by atoms with Crippen molar-refractivity contribution in [3.63, 3.8) is 0 Å². The smallest absolute Gasteiger partial charge is 0.328 e. The molecule has 0 saturated carbocycles. The Labute approximate surface area is 123 Å². The molecule has 0 saturated heterocycles. The maximum atomic E-state index is 12.2. The average molecular weight is 308 g/mol. The summed E-state index contributed by atoms with van der Waals surface area (Å²) in [5.74, 6) is -1.14. The molecule has 0 aliphatic rings. The Hall–Kier alpha value is -2.68. The Balaban J connectivity index is 2.20. The maximum absolute atomic E-state index is 12.2. The summed E-state index contributed by atoms with van der Waals surface area (Å²) in [6, 6.07) is 4.99. The Kier molecular flexibility index (Phi) is 4.33. The third-order valence-corrected chi connectivity index (χ3v) is 3.19. The first-order valence-electron chi connectivity index (χ1n) is 5.85. The van der Waals surface area contributed by atoms with E-state index in [2.05, 4.69) is 15.5 Å². The van der Waals surface area contributed by atoms with E-state index in [4.69, 9.17) is 5.11 Å². The van der Waals surface area contributed by atoms with E-state index in [9.17, 15) is 14.7 Å². The van der Waals surface area contributed by atoms with Gasteiger partial charge in [-0.3, -0.25) is 15.0 Å². The number of amides is 2. The first kappa shape index (κ1) is 14.7. The predicted octanol–water partition coefficient (Wildman–Crippen LogP) is 1.68. The fourth-order valence-corrected chi connectivity index (χ4v) is 2.14. The zero-order valence-electron chi connectivity index (χ0n) is 11.0. The molecule has 9 heteroatoms. The first-order valence-corrected chi connectivity index (χ1v) is 6.67. The van der Waals surface area contributed by atoms with Crippen molar-refractivity contribution in [2.45, 2.75) is 6.92 Å². The van der Waals surface area contributed by atoms with Crippen molar-refractivity contribution in [3.05, 3.63) is 29.3 Å². The van der Waals surface area contributed by atoms with Crippen LogP contribution < -0.4 is 10.2 Å². The van der Waals surface area contributed by atoms with Crippen LogP contribution in [-0.4, -0.2) is 39.0 Å². The fraction of sp³-hybridized carbons (Fsp3) is 0.167.